The molecule has 0 aliphatic carbocycles. The normalized spacial score (nSPS) is 17.4. The molecule has 1 unspecified atom stereocenters. The van der Waals surface area contributed by atoms with E-state index in [1.54, 1.807) is 25.3 Å². The van der Waals surface area contributed by atoms with Gasteiger partial charge in [0.1, 0.15) is 5.75 Å². The first kappa shape index (κ1) is 18.0. The molecular formula is C14H21Cl2N3O2. The summed E-state index contributed by atoms with van der Waals surface area (Å²) < 4.78 is 5.21. The van der Waals surface area contributed by atoms with Crippen molar-refractivity contribution >= 4 is 35.6 Å². The van der Waals surface area contributed by atoms with Crippen molar-refractivity contribution in [1.82, 2.24) is 10.2 Å². The van der Waals surface area contributed by atoms with E-state index in [9.17, 15) is 4.79 Å². The minimum absolute atomic E-state index is 0. The molecule has 1 atom stereocenters. The van der Waals surface area contributed by atoms with Crippen molar-refractivity contribution in [1.29, 1.82) is 0 Å². The number of methoxy groups -OCH3 is 1. The highest BCUT2D eigenvalue weighted by Crippen LogP contribution is 2.27. The summed E-state index contributed by atoms with van der Waals surface area (Å²) in [5.74, 6) is 0.535. The summed E-state index contributed by atoms with van der Waals surface area (Å²) in [5.41, 5.74) is 0.600. The van der Waals surface area contributed by atoms with Crippen LogP contribution in [0.5, 0.6) is 5.75 Å². The molecule has 2 N–H and O–H groups in total. The molecule has 2 rings (SSSR count). The molecule has 1 aromatic carbocycles. The Kier molecular flexibility index (Phi) is 7.25. The molecule has 0 spiro atoms. The van der Waals surface area contributed by atoms with E-state index in [-0.39, 0.29) is 18.3 Å². The summed E-state index contributed by atoms with van der Waals surface area (Å²) in [6.45, 7) is 2.30. The van der Waals surface area contributed by atoms with Crippen molar-refractivity contribution in [2.75, 3.05) is 39.1 Å². The van der Waals surface area contributed by atoms with Crippen LogP contribution in [-0.4, -0.2) is 50.6 Å². The van der Waals surface area contributed by atoms with Crippen LogP contribution in [0.4, 0.5) is 5.69 Å². The second-order valence-electron chi connectivity index (χ2n) is 4.95. The van der Waals surface area contributed by atoms with Crippen LogP contribution >= 0.6 is 24.0 Å². The maximum atomic E-state index is 12.1. The summed E-state index contributed by atoms with van der Waals surface area (Å²) >= 11 is 5.94. The number of carbonyl (C=O) groups excluding carboxylic acids is 1. The molecule has 1 saturated heterocycles. The predicted octanol–water partition coefficient (Wildman–Crippen LogP) is 2.00. The SMILES string of the molecule is COc1ccc(Cl)cc1NC(=O)CN(C)C1CCNC1.Cl. The van der Waals surface area contributed by atoms with Crippen LogP contribution in [-0.2, 0) is 4.79 Å². The van der Waals surface area contributed by atoms with Gasteiger partial charge in [-0.3, -0.25) is 9.69 Å². The van der Waals surface area contributed by atoms with Crippen LogP contribution in [0.15, 0.2) is 18.2 Å². The van der Waals surface area contributed by atoms with E-state index in [0.717, 1.165) is 19.5 Å². The summed E-state index contributed by atoms with van der Waals surface area (Å²) in [4.78, 5) is 14.1. The van der Waals surface area contributed by atoms with Gasteiger partial charge < -0.3 is 15.4 Å². The topological polar surface area (TPSA) is 53.6 Å². The number of nitrogens with zero attached hydrogens (tertiary/aromatic N) is 1. The van der Waals surface area contributed by atoms with E-state index in [1.165, 1.54) is 0 Å². The third kappa shape index (κ3) is 5.04. The largest absolute Gasteiger partial charge is 0.495 e. The van der Waals surface area contributed by atoms with E-state index < -0.39 is 0 Å². The molecule has 1 amide bonds. The van der Waals surface area contributed by atoms with Gasteiger partial charge in [0.2, 0.25) is 5.91 Å². The average molecular weight is 334 g/mol. The highest BCUT2D eigenvalue weighted by Gasteiger charge is 2.21. The summed E-state index contributed by atoms with van der Waals surface area (Å²) in [7, 11) is 3.53. The Hall–Kier alpha value is -1.01. The molecule has 1 fully saturated rings. The zero-order chi connectivity index (χ0) is 14.5. The fourth-order valence-corrected chi connectivity index (χ4v) is 2.51. The number of amides is 1. The van der Waals surface area contributed by atoms with Gasteiger partial charge in [-0.15, -0.1) is 12.4 Å². The summed E-state index contributed by atoms with van der Waals surface area (Å²) in [6, 6.07) is 5.58. The number of ether oxygens (including phenoxy) is 1. The Balaban J connectivity index is 0.00000220. The molecular weight excluding hydrogens is 313 g/mol. The first-order valence-electron chi connectivity index (χ1n) is 6.64. The van der Waals surface area contributed by atoms with Gasteiger partial charge in [0.05, 0.1) is 19.3 Å². The first-order valence-corrected chi connectivity index (χ1v) is 7.02. The molecule has 5 nitrogen and oxygen atoms in total. The Bertz CT molecular complexity index is 479. The summed E-state index contributed by atoms with van der Waals surface area (Å²) in [5, 5.41) is 6.70. The van der Waals surface area contributed by atoms with Gasteiger partial charge in [-0.2, -0.15) is 0 Å². The number of rotatable bonds is 5. The molecule has 0 saturated carbocycles. The maximum Gasteiger partial charge on any atom is 0.238 e. The Labute approximate surface area is 136 Å². The zero-order valence-electron chi connectivity index (χ0n) is 12.2. The lowest BCUT2D eigenvalue weighted by molar-refractivity contribution is -0.117. The lowest BCUT2D eigenvalue weighted by Gasteiger charge is -2.22. The zero-order valence-corrected chi connectivity index (χ0v) is 13.8. The fourth-order valence-electron chi connectivity index (χ4n) is 2.34. The Morgan fingerprint density at radius 2 is 2.33 bits per heavy atom. The van der Waals surface area contributed by atoms with E-state index in [4.69, 9.17) is 16.3 Å². The number of likely N-dealkylation sites (N-methyl/N-ethyl adjacent to an activating group) is 1. The molecule has 1 aliphatic rings. The first-order chi connectivity index (χ1) is 9.60. The second kappa shape index (κ2) is 8.44. The minimum Gasteiger partial charge on any atom is -0.495 e. The van der Waals surface area contributed by atoms with Gasteiger partial charge in [0.15, 0.2) is 0 Å². The van der Waals surface area contributed by atoms with Crippen LogP contribution in [0.2, 0.25) is 5.02 Å². The summed E-state index contributed by atoms with van der Waals surface area (Å²) in [6.07, 6.45) is 1.07. The predicted molar refractivity (Wildman–Crippen MR) is 87.8 cm³/mol. The average Bonchev–Trinajstić information content (AvgIpc) is 2.92. The molecule has 1 aromatic rings. The maximum absolute atomic E-state index is 12.1. The standard InChI is InChI=1S/C14H20ClN3O2.ClH/c1-18(11-5-6-16-8-11)9-14(19)17-12-7-10(15)3-4-13(12)20-2;/h3-4,7,11,16H,5-6,8-9H2,1-2H3,(H,17,19);1H. The number of anilines is 1. The van der Waals surface area contributed by atoms with Crippen LogP contribution in [0.25, 0.3) is 0 Å². The molecule has 21 heavy (non-hydrogen) atoms. The molecule has 0 aromatic heterocycles. The third-order valence-corrected chi connectivity index (χ3v) is 3.72. The Morgan fingerprint density at radius 3 is 2.95 bits per heavy atom. The van der Waals surface area contributed by atoms with E-state index >= 15 is 0 Å². The van der Waals surface area contributed by atoms with E-state index in [1.807, 2.05) is 7.05 Å². The fraction of sp³-hybridized carbons (Fsp3) is 0.500. The van der Waals surface area contributed by atoms with Crippen molar-refractivity contribution < 1.29 is 9.53 Å². The van der Waals surface area contributed by atoms with Gasteiger partial charge in [0.25, 0.3) is 0 Å². The Morgan fingerprint density at radius 1 is 1.57 bits per heavy atom. The van der Waals surface area contributed by atoms with Gasteiger partial charge in [-0.1, -0.05) is 11.6 Å². The minimum atomic E-state index is -0.0695. The monoisotopic (exact) mass is 333 g/mol. The number of hydrogen-bond donors (Lipinski definition) is 2. The molecule has 1 heterocycles. The molecule has 118 valence electrons. The smallest absolute Gasteiger partial charge is 0.238 e. The number of carbonyl (C=O) groups is 1. The lowest BCUT2D eigenvalue weighted by atomic mass is 10.2. The van der Waals surface area contributed by atoms with Crippen molar-refractivity contribution in [3.8, 4) is 5.75 Å². The third-order valence-electron chi connectivity index (χ3n) is 3.49. The molecule has 0 radical (unpaired) electrons. The number of hydrogen-bond acceptors (Lipinski definition) is 4. The van der Waals surface area contributed by atoms with Crippen LogP contribution in [0, 0.1) is 0 Å². The molecule has 1 aliphatic heterocycles. The lowest BCUT2D eigenvalue weighted by Crippen LogP contribution is -2.39. The molecule has 0 bridgehead atoms. The van der Waals surface area contributed by atoms with E-state index in [2.05, 4.69) is 15.5 Å². The van der Waals surface area contributed by atoms with Crippen LogP contribution < -0.4 is 15.4 Å². The highest BCUT2D eigenvalue weighted by molar-refractivity contribution is 6.31. The van der Waals surface area contributed by atoms with Gasteiger partial charge in [-0.05, 0) is 38.2 Å². The number of halogens is 2. The second-order valence-corrected chi connectivity index (χ2v) is 5.39. The van der Waals surface area contributed by atoms with Crippen LogP contribution in [0.3, 0.4) is 0 Å². The van der Waals surface area contributed by atoms with Gasteiger partial charge >= 0.3 is 0 Å². The van der Waals surface area contributed by atoms with Gasteiger partial charge in [0, 0.05) is 17.6 Å². The van der Waals surface area contributed by atoms with Crippen molar-refractivity contribution in [3.05, 3.63) is 23.2 Å². The quantitative estimate of drug-likeness (QED) is 0.865. The van der Waals surface area contributed by atoms with Gasteiger partial charge in [-0.25, -0.2) is 0 Å². The number of benzene rings is 1. The number of nitrogens with one attached hydrogen (secondary N) is 2. The van der Waals surface area contributed by atoms with Crippen molar-refractivity contribution in [2.24, 2.45) is 0 Å². The van der Waals surface area contributed by atoms with Crippen molar-refractivity contribution in [2.45, 2.75) is 12.5 Å². The highest BCUT2D eigenvalue weighted by atomic mass is 35.5. The molecule has 7 heteroatoms. The van der Waals surface area contributed by atoms with Crippen molar-refractivity contribution in [3.63, 3.8) is 0 Å². The van der Waals surface area contributed by atoms with E-state index in [0.29, 0.717) is 29.0 Å². The van der Waals surface area contributed by atoms with Crippen LogP contribution in [0.1, 0.15) is 6.42 Å².